The molecule has 1 aromatic carbocycles. The lowest BCUT2D eigenvalue weighted by Crippen LogP contribution is -2.42. The van der Waals surface area contributed by atoms with E-state index in [1.165, 1.54) is 4.80 Å². The van der Waals surface area contributed by atoms with E-state index in [-0.39, 0.29) is 12.0 Å². The summed E-state index contributed by atoms with van der Waals surface area (Å²) in [6.07, 6.45) is 0.599. The van der Waals surface area contributed by atoms with Crippen LogP contribution in [0.3, 0.4) is 0 Å². The summed E-state index contributed by atoms with van der Waals surface area (Å²) in [4.78, 5) is 23.7. The van der Waals surface area contributed by atoms with E-state index in [9.17, 15) is 4.79 Å². The molecule has 2 aromatic heterocycles. The van der Waals surface area contributed by atoms with Crippen LogP contribution in [0, 0.1) is 0 Å². The molecule has 1 atom stereocenters. The average molecular weight is 385 g/mol. The first kappa shape index (κ1) is 18.5. The average Bonchev–Trinajstić information content (AvgIpc) is 3.37. The first-order valence-corrected chi connectivity index (χ1v) is 9.32. The maximum absolute atomic E-state index is 12.7. The van der Waals surface area contributed by atoms with Gasteiger partial charge in [-0.2, -0.15) is 4.80 Å². The number of methoxy groups -OCH3 is 1. The number of tetrazole rings is 1. The van der Waals surface area contributed by atoms with Gasteiger partial charge in [0.05, 0.1) is 37.3 Å². The van der Waals surface area contributed by atoms with Crippen LogP contribution in [0.15, 0.2) is 24.3 Å². The number of imidazole rings is 1. The minimum absolute atomic E-state index is 0.0699. The number of hydrogen-bond acceptors (Lipinski definition) is 7. The lowest BCUT2D eigenvalue weighted by Gasteiger charge is -2.31. The zero-order valence-electron chi connectivity index (χ0n) is 15.7. The van der Waals surface area contributed by atoms with Gasteiger partial charge in [0.15, 0.2) is 0 Å². The largest absolute Gasteiger partial charge is 0.383 e. The van der Waals surface area contributed by atoms with Crippen molar-refractivity contribution in [3.05, 3.63) is 35.9 Å². The van der Waals surface area contributed by atoms with Crippen molar-refractivity contribution in [2.75, 3.05) is 33.4 Å². The van der Waals surface area contributed by atoms with Gasteiger partial charge in [0, 0.05) is 26.5 Å². The van der Waals surface area contributed by atoms with Crippen LogP contribution in [-0.4, -0.2) is 74.4 Å². The number of rotatable bonds is 7. The van der Waals surface area contributed by atoms with Crippen molar-refractivity contribution in [3.63, 3.8) is 0 Å². The lowest BCUT2D eigenvalue weighted by atomic mass is 10.2. The molecule has 1 aliphatic heterocycles. The third-order valence-electron chi connectivity index (χ3n) is 4.68. The van der Waals surface area contributed by atoms with Gasteiger partial charge in [-0.15, -0.1) is 10.2 Å². The van der Waals surface area contributed by atoms with E-state index in [0.29, 0.717) is 51.5 Å². The number of benzene rings is 1. The maximum atomic E-state index is 12.7. The number of H-pyrrole nitrogens is 1. The Balaban J connectivity index is 1.33. The fourth-order valence-electron chi connectivity index (χ4n) is 3.19. The first-order chi connectivity index (χ1) is 13.7. The van der Waals surface area contributed by atoms with E-state index >= 15 is 0 Å². The molecule has 0 radical (unpaired) electrons. The number of aromatic nitrogens is 6. The molecule has 0 bridgehead atoms. The quantitative estimate of drug-likeness (QED) is 0.638. The molecular weight excluding hydrogens is 362 g/mol. The fourth-order valence-corrected chi connectivity index (χ4v) is 3.19. The lowest BCUT2D eigenvalue weighted by molar-refractivity contribution is -0.139. The summed E-state index contributed by atoms with van der Waals surface area (Å²) in [6, 6.07) is 7.85. The SMILES string of the molecule is COCCn1nnc(C2CN(C(=O)CCc3nc4ccccc4[nH]3)CCO2)n1. The predicted octanol–water partition coefficient (Wildman–Crippen LogP) is 0.728. The summed E-state index contributed by atoms with van der Waals surface area (Å²) in [5.41, 5.74) is 1.90. The maximum Gasteiger partial charge on any atom is 0.223 e. The normalized spacial score (nSPS) is 17.3. The van der Waals surface area contributed by atoms with Crippen LogP contribution in [0.4, 0.5) is 0 Å². The number of amides is 1. The summed E-state index contributed by atoms with van der Waals surface area (Å²) < 4.78 is 10.8. The van der Waals surface area contributed by atoms with E-state index in [1.807, 2.05) is 24.3 Å². The summed E-state index contributed by atoms with van der Waals surface area (Å²) in [5.74, 6) is 1.38. The van der Waals surface area contributed by atoms with Crippen molar-refractivity contribution >= 4 is 16.9 Å². The molecule has 0 saturated carbocycles. The number of ether oxygens (including phenoxy) is 2. The van der Waals surface area contributed by atoms with Gasteiger partial charge >= 0.3 is 0 Å². The second-order valence-electron chi connectivity index (χ2n) is 6.64. The zero-order chi connectivity index (χ0) is 19.3. The van der Waals surface area contributed by atoms with Gasteiger partial charge in [0.2, 0.25) is 11.7 Å². The predicted molar refractivity (Wildman–Crippen MR) is 99.4 cm³/mol. The second kappa shape index (κ2) is 8.44. The van der Waals surface area contributed by atoms with E-state index < -0.39 is 0 Å². The first-order valence-electron chi connectivity index (χ1n) is 9.32. The Morgan fingerprint density at radius 2 is 2.29 bits per heavy atom. The van der Waals surface area contributed by atoms with E-state index in [0.717, 1.165) is 16.9 Å². The van der Waals surface area contributed by atoms with Crippen molar-refractivity contribution in [1.82, 2.24) is 35.1 Å². The van der Waals surface area contributed by atoms with Crippen LogP contribution in [0.1, 0.15) is 24.2 Å². The third-order valence-corrected chi connectivity index (χ3v) is 4.68. The molecule has 1 unspecified atom stereocenters. The topological polar surface area (TPSA) is 111 Å². The van der Waals surface area contributed by atoms with Crippen LogP contribution in [0.25, 0.3) is 11.0 Å². The van der Waals surface area contributed by atoms with Crippen molar-refractivity contribution in [1.29, 1.82) is 0 Å². The molecule has 10 heteroatoms. The van der Waals surface area contributed by atoms with Gasteiger partial charge in [-0.1, -0.05) is 12.1 Å². The van der Waals surface area contributed by atoms with E-state index in [4.69, 9.17) is 9.47 Å². The molecular formula is C18H23N7O3. The molecule has 4 rings (SSSR count). The van der Waals surface area contributed by atoms with Crippen molar-refractivity contribution in [3.8, 4) is 0 Å². The Labute approximate surface area is 161 Å². The standard InChI is InChI=1S/C18H23N7O3/c1-27-10-9-25-22-18(21-23-25)15-12-24(8-11-28-15)17(26)7-6-16-19-13-4-2-3-5-14(13)20-16/h2-5,15H,6-12H2,1H3,(H,19,20). The minimum Gasteiger partial charge on any atom is -0.383 e. The number of carbonyl (C=O) groups is 1. The summed E-state index contributed by atoms with van der Waals surface area (Å²) in [7, 11) is 1.62. The van der Waals surface area contributed by atoms with Gasteiger partial charge in [-0.05, 0) is 17.3 Å². The fraction of sp³-hybridized carbons (Fsp3) is 0.500. The van der Waals surface area contributed by atoms with Crippen molar-refractivity contribution in [2.45, 2.75) is 25.5 Å². The summed E-state index contributed by atoms with van der Waals surface area (Å²) >= 11 is 0. The number of carbonyl (C=O) groups excluding carboxylic acids is 1. The smallest absolute Gasteiger partial charge is 0.223 e. The monoisotopic (exact) mass is 385 g/mol. The number of morpholine rings is 1. The highest BCUT2D eigenvalue weighted by Gasteiger charge is 2.28. The molecule has 3 heterocycles. The van der Waals surface area contributed by atoms with Crippen LogP contribution in [-0.2, 0) is 27.2 Å². The Kier molecular flexibility index (Phi) is 5.58. The highest BCUT2D eigenvalue weighted by atomic mass is 16.5. The van der Waals surface area contributed by atoms with Gasteiger partial charge in [-0.25, -0.2) is 4.98 Å². The Hall–Kier alpha value is -2.85. The number of aryl methyl sites for hydroxylation is 1. The molecule has 1 fully saturated rings. The second-order valence-corrected chi connectivity index (χ2v) is 6.64. The molecule has 1 aliphatic rings. The van der Waals surface area contributed by atoms with Crippen LogP contribution in [0.2, 0.25) is 0 Å². The molecule has 3 aromatic rings. The molecule has 0 spiro atoms. The van der Waals surface area contributed by atoms with Crippen molar-refractivity contribution in [2.24, 2.45) is 0 Å². The van der Waals surface area contributed by atoms with Crippen LogP contribution in [0.5, 0.6) is 0 Å². The van der Waals surface area contributed by atoms with Crippen LogP contribution >= 0.6 is 0 Å². The van der Waals surface area contributed by atoms with Gasteiger partial charge in [0.25, 0.3) is 0 Å². The number of nitrogens with zero attached hydrogens (tertiary/aromatic N) is 6. The highest BCUT2D eigenvalue weighted by Crippen LogP contribution is 2.19. The molecule has 1 N–H and O–H groups in total. The van der Waals surface area contributed by atoms with Crippen LogP contribution < -0.4 is 0 Å². The molecule has 1 amide bonds. The molecule has 148 valence electrons. The number of para-hydroxylation sites is 2. The number of aromatic amines is 1. The molecule has 10 nitrogen and oxygen atoms in total. The molecule has 1 saturated heterocycles. The Morgan fingerprint density at radius 3 is 3.14 bits per heavy atom. The summed E-state index contributed by atoms with van der Waals surface area (Å²) in [6.45, 7) is 2.47. The molecule has 28 heavy (non-hydrogen) atoms. The third kappa shape index (κ3) is 4.18. The van der Waals surface area contributed by atoms with Gasteiger partial charge in [-0.3, -0.25) is 4.79 Å². The Bertz CT molecular complexity index is 905. The highest BCUT2D eigenvalue weighted by molar-refractivity contribution is 5.77. The van der Waals surface area contributed by atoms with Gasteiger partial charge in [0.1, 0.15) is 11.9 Å². The molecule has 0 aliphatic carbocycles. The zero-order valence-corrected chi connectivity index (χ0v) is 15.7. The summed E-state index contributed by atoms with van der Waals surface area (Å²) in [5, 5.41) is 12.4. The number of nitrogens with one attached hydrogen (secondary N) is 1. The number of fused-ring (bicyclic) bond motifs is 1. The van der Waals surface area contributed by atoms with E-state index in [2.05, 4.69) is 25.4 Å². The minimum atomic E-state index is -0.361. The Morgan fingerprint density at radius 1 is 1.39 bits per heavy atom. The van der Waals surface area contributed by atoms with Gasteiger partial charge < -0.3 is 19.4 Å². The number of hydrogen-bond donors (Lipinski definition) is 1. The van der Waals surface area contributed by atoms with E-state index in [1.54, 1.807) is 12.0 Å². The van der Waals surface area contributed by atoms with Crippen molar-refractivity contribution < 1.29 is 14.3 Å².